The fraction of sp³-hybridized carbons (Fsp3) is 0.560. The van der Waals surface area contributed by atoms with E-state index < -0.39 is 17.6 Å². The number of rotatable bonds is 4. The van der Waals surface area contributed by atoms with E-state index in [-0.39, 0.29) is 16.9 Å². The minimum atomic E-state index is -0.698. The maximum absolute atomic E-state index is 15.4. The Morgan fingerprint density at radius 1 is 1.07 bits per heavy atom. The van der Waals surface area contributed by atoms with E-state index in [1.54, 1.807) is 12.1 Å². The van der Waals surface area contributed by atoms with E-state index in [4.69, 9.17) is 0 Å². The third-order valence-corrected chi connectivity index (χ3v) is 7.32. The fourth-order valence-electron chi connectivity index (χ4n) is 5.88. The van der Waals surface area contributed by atoms with E-state index in [2.05, 4.69) is 11.7 Å². The van der Waals surface area contributed by atoms with Gasteiger partial charge in [-0.1, -0.05) is 38.3 Å². The molecule has 4 rings (SSSR count). The van der Waals surface area contributed by atoms with Gasteiger partial charge in [0, 0.05) is 0 Å². The van der Waals surface area contributed by atoms with Crippen molar-refractivity contribution in [2.75, 3.05) is 7.11 Å². The van der Waals surface area contributed by atoms with Gasteiger partial charge in [0.25, 0.3) is 0 Å². The number of fused-ring (bicyclic) bond motifs is 2. The molecule has 4 unspecified atom stereocenters. The van der Waals surface area contributed by atoms with Crippen LogP contribution in [0.2, 0.25) is 0 Å². The van der Waals surface area contributed by atoms with Crippen LogP contribution in [0, 0.1) is 29.4 Å². The average Bonchev–Trinajstić information content (AvgIpc) is 2.73. The number of ether oxygens (including phenoxy) is 1. The van der Waals surface area contributed by atoms with Crippen molar-refractivity contribution < 1.29 is 18.3 Å². The molecule has 2 nitrogen and oxygen atoms in total. The summed E-state index contributed by atoms with van der Waals surface area (Å²) in [5.41, 5.74) is 0.741. The molecule has 0 radical (unpaired) electrons. The van der Waals surface area contributed by atoms with Crippen molar-refractivity contribution >= 4 is 16.7 Å². The number of methoxy groups -OCH3 is 1. The summed E-state index contributed by atoms with van der Waals surface area (Å²) in [6.45, 7) is 2.26. The first-order valence-electron chi connectivity index (χ1n) is 11.0. The number of hydrogen-bond acceptors (Lipinski definition) is 2. The number of benzene rings is 2. The smallest absolute Gasteiger partial charge is 0.337 e. The minimum absolute atomic E-state index is 0.0102. The molecule has 2 aromatic carbocycles. The van der Waals surface area contributed by atoms with Crippen molar-refractivity contribution in [2.45, 2.75) is 64.2 Å². The van der Waals surface area contributed by atoms with E-state index in [0.29, 0.717) is 16.9 Å². The molecule has 156 valence electrons. The summed E-state index contributed by atoms with van der Waals surface area (Å²) in [5, 5.41) is 0.393. The van der Waals surface area contributed by atoms with E-state index in [9.17, 15) is 9.18 Å². The second-order valence-electron chi connectivity index (χ2n) is 9.01. The van der Waals surface area contributed by atoms with Gasteiger partial charge in [-0.25, -0.2) is 13.6 Å². The van der Waals surface area contributed by atoms with Crippen LogP contribution in [0.1, 0.15) is 80.1 Å². The molecule has 0 spiro atoms. The molecular weight excluding hydrogens is 370 g/mol. The Balaban J connectivity index is 1.58. The van der Waals surface area contributed by atoms with E-state index in [1.165, 1.54) is 45.3 Å². The highest BCUT2D eigenvalue weighted by Gasteiger charge is 2.36. The molecule has 4 atom stereocenters. The highest BCUT2D eigenvalue weighted by Crippen LogP contribution is 2.49. The van der Waals surface area contributed by atoms with Crippen LogP contribution in [0.3, 0.4) is 0 Å². The maximum Gasteiger partial charge on any atom is 0.337 e. The van der Waals surface area contributed by atoms with Gasteiger partial charge >= 0.3 is 5.97 Å². The molecule has 0 bridgehead atoms. The summed E-state index contributed by atoms with van der Waals surface area (Å²) in [5.74, 6) is 0.696. The Kier molecular flexibility index (Phi) is 5.89. The van der Waals surface area contributed by atoms with Crippen LogP contribution in [0.5, 0.6) is 0 Å². The highest BCUT2D eigenvalue weighted by atomic mass is 19.1. The molecule has 2 saturated carbocycles. The van der Waals surface area contributed by atoms with Gasteiger partial charge in [0.2, 0.25) is 0 Å². The molecule has 2 aliphatic rings. The topological polar surface area (TPSA) is 26.3 Å². The van der Waals surface area contributed by atoms with Crippen molar-refractivity contribution in [3.63, 3.8) is 0 Å². The van der Waals surface area contributed by atoms with Crippen molar-refractivity contribution in [1.29, 1.82) is 0 Å². The number of esters is 1. The highest BCUT2D eigenvalue weighted by molar-refractivity contribution is 5.96. The lowest BCUT2D eigenvalue weighted by molar-refractivity contribution is 0.0600. The van der Waals surface area contributed by atoms with Gasteiger partial charge in [-0.2, -0.15) is 0 Å². The first-order valence-corrected chi connectivity index (χ1v) is 11.0. The maximum atomic E-state index is 15.4. The van der Waals surface area contributed by atoms with Gasteiger partial charge in [-0.05, 0) is 78.9 Å². The first kappa shape index (κ1) is 20.3. The molecule has 0 amide bonds. The lowest BCUT2D eigenvalue weighted by Gasteiger charge is -2.42. The fourth-order valence-corrected chi connectivity index (χ4v) is 5.88. The van der Waals surface area contributed by atoms with E-state index in [0.717, 1.165) is 37.2 Å². The minimum Gasteiger partial charge on any atom is -0.465 e. The first-order chi connectivity index (χ1) is 14.0. The molecule has 0 aromatic heterocycles. The van der Waals surface area contributed by atoms with Crippen LogP contribution in [0.25, 0.3) is 10.8 Å². The normalized spacial score (nSPS) is 26.9. The predicted octanol–water partition coefficient (Wildman–Crippen LogP) is 7.00. The summed E-state index contributed by atoms with van der Waals surface area (Å²) >= 11 is 0. The standard InChI is InChI=1S/C25H30F2O2/c1-3-4-15-5-6-17-12-18(8-7-16(17)11-15)21-10-9-19-13-20(25(28)29-2)14-22(26)23(19)24(21)27/h9-10,13-18H,3-8,11-12H2,1-2H3. The van der Waals surface area contributed by atoms with Gasteiger partial charge < -0.3 is 4.74 Å². The zero-order valence-corrected chi connectivity index (χ0v) is 17.3. The largest absolute Gasteiger partial charge is 0.465 e. The van der Waals surface area contributed by atoms with Crippen LogP contribution in [0.4, 0.5) is 8.78 Å². The Bertz CT molecular complexity index is 907. The monoisotopic (exact) mass is 400 g/mol. The molecule has 0 N–H and O–H groups in total. The number of carbonyl (C=O) groups is 1. The van der Waals surface area contributed by atoms with Gasteiger partial charge in [0.05, 0.1) is 18.1 Å². The summed E-state index contributed by atoms with van der Waals surface area (Å²) in [4.78, 5) is 11.7. The van der Waals surface area contributed by atoms with Gasteiger partial charge in [0.15, 0.2) is 0 Å². The zero-order valence-electron chi connectivity index (χ0n) is 17.3. The number of hydrogen-bond donors (Lipinski definition) is 0. The van der Waals surface area contributed by atoms with Crippen LogP contribution >= 0.6 is 0 Å². The van der Waals surface area contributed by atoms with Crippen LogP contribution < -0.4 is 0 Å². The third-order valence-electron chi connectivity index (χ3n) is 7.32. The van der Waals surface area contributed by atoms with Gasteiger partial charge in [0.1, 0.15) is 11.6 Å². The van der Waals surface area contributed by atoms with Crippen molar-refractivity contribution in [3.05, 3.63) is 47.0 Å². The Hall–Kier alpha value is -1.97. The molecule has 2 aromatic rings. The summed E-state index contributed by atoms with van der Waals surface area (Å²) in [7, 11) is 1.25. The molecule has 2 aliphatic carbocycles. The zero-order chi connectivity index (χ0) is 20.5. The Labute approximate surface area is 171 Å². The van der Waals surface area contributed by atoms with Crippen molar-refractivity contribution in [3.8, 4) is 0 Å². The third kappa shape index (κ3) is 3.91. The summed E-state index contributed by atoms with van der Waals surface area (Å²) < 4.78 is 34.7. The van der Waals surface area contributed by atoms with Crippen molar-refractivity contribution in [2.24, 2.45) is 17.8 Å². The lowest BCUT2D eigenvalue weighted by atomic mass is 9.63. The Morgan fingerprint density at radius 3 is 2.59 bits per heavy atom. The van der Waals surface area contributed by atoms with Gasteiger partial charge in [-0.3, -0.25) is 0 Å². The molecule has 0 heterocycles. The van der Waals surface area contributed by atoms with Gasteiger partial charge in [-0.15, -0.1) is 0 Å². The van der Waals surface area contributed by atoms with E-state index >= 15 is 4.39 Å². The molecular formula is C25H30F2O2. The summed E-state index contributed by atoms with van der Waals surface area (Å²) in [6.07, 6.45) is 9.60. The lowest BCUT2D eigenvalue weighted by Crippen LogP contribution is -2.30. The summed E-state index contributed by atoms with van der Waals surface area (Å²) in [6, 6.07) is 6.12. The Morgan fingerprint density at radius 2 is 1.83 bits per heavy atom. The molecule has 0 saturated heterocycles. The second kappa shape index (κ2) is 8.41. The number of carbonyl (C=O) groups excluding carboxylic acids is 1. The molecule has 2 fully saturated rings. The number of halogens is 2. The van der Waals surface area contributed by atoms with Crippen LogP contribution in [-0.2, 0) is 4.74 Å². The quantitative estimate of drug-likeness (QED) is 0.516. The SMILES string of the molecule is CCCC1CCC2CC(c3ccc4cc(C(=O)OC)cc(F)c4c3F)CCC2C1. The predicted molar refractivity (Wildman–Crippen MR) is 111 cm³/mol. The van der Waals surface area contributed by atoms with Crippen molar-refractivity contribution in [1.82, 2.24) is 0 Å². The molecule has 4 heteroatoms. The average molecular weight is 401 g/mol. The molecule has 29 heavy (non-hydrogen) atoms. The van der Waals surface area contributed by atoms with Crippen LogP contribution in [0.15, 0.2) is 24.3 Å². The van der Waals surface area contributed by atoms with E-state index in [1.807, 2.05) is 0 Å². The molecule has 0 aliphatic heterocycles. The van der Waals surface area contributed by atoms with Crippen LogP contribution in [-0.4, -0.2) is 13.1 Å². The second-order valence-corrected chi connectivity index (χ2v) is 9.01.